The third-order valence-corrected chi connectivity index (χ3v) is 6.69. The average molecular weight is 454 g/mol. The summed E-state index contributed by atoms with van der Waals surface area (Å²) < 4.78 is 6.29. The van der Waals surface area contributed by atoms with Gasteiger partial charge in [0.15, 0.2) is 5.13 Å². The van der Waals surface area contributed by atoms with Gasteiger partial charge in [-0.15, -0.1) is 0 Å². The molecule has 160 valence electrons. The Labute approximate surface area is 190 Å². The third kappa shape index (κ3) is 4.37. The van der Waals surface area contributed by atoms with Crippen LogP contribution in [0.5, 0.6) is 5.75 Å². The Kier molecular flexibility index (Phi) is 6.41. The molecule has 0 unspecified atom stereocenters. The second-order valence-electron chi connectivity index (χ2n) is 7.56. The normalized spacial score (nSPS) is 11.4. The van der Waals surface area contributed by atoms with Gasteiger partial charge in [0.05, 0.1) is 16.8 Å². The highest BCUT2D eigenvalue weighted by molar-refractivity contribution is 7.23. The van der Waals surface area contributed by atoms with Crippen LogP contribution in [0, 0.1) is 0 Å². The van der Waals surface area contributed by atoms with Crippen molar-refractivity contribution in [3.63, 3.8) is 0 Å². The fourth-order valence-corrected chi connectivity index (χ4v) is 4.89. The quantitative estimate of drug-likeness (QED) is 0.359. The number of fused-ring (bicyclic) bond motifs is 2. The number of anilines is 1. The summed E-state index contributed by atoms with van der Waals surface area (Å²) in [6, 6.07) is 17.4. The molecule has 0 spiro atoms. The summed E-state index contributed by atoms with van der Waals surface area (Å²) in [6.07, 6.45) is 0.824. The van der Waals surface area contributed by atoms with E-state index in [4.69, 9.17) is 21.3 Å². The summed E-state index contributed by atoms with van der Waals surface area (Å²) >= 11 is 7.85. The maximum atomic E-state index is 13.8. The maximum Gasteiger partial charge on any atom is 0.260 e. The Hall–Kier alpha value is -2.67. The molecular formula is C24H24ClN3O2S. The molecule has 0 N–H and O–H groups in total. The van der Waals surface area contributed by atoms with Crippen molar-refractivity contribution in [2.45, 2.75) is 6.42 Å². The van der Waals surface area contributed by atoms with Crippen LogP contribution in [-0.4, -0.2) is 50.1 Å². The molecule has 1 heterocycles. The van der Waals surface area contributed by atoms with E-state index in [1.165, 1.54) is 11.3 Å². The maximum absolute atomic E-state index is 13.8. The van der Waals surface area contributed by atoms with E-state index in [-0.39, 0.29) is 5.91 Å². The summed E-state index contributed by atoms with van der Waals surface area (Å²) in [5.74, 6) is 0.581. The number of rotatable bonds is 7. The lowest BCUT2D eigenvalue weighted by molar-refractivity contribution is 0.0987. The molecule has 0 fully saturated rings. The summed E-state index contributed by atoms with van der Waals surface area (Å²) in [6.45, 7) is 1.42. The number of methoxy groups -OCH3 is 1. The van der Waals surface area contributed by atoms with Crippen LogP contribution in [-0.2, 0) is 0 Å². The number of hydrogen-bond donors (Lipinski definition) is 0. The molecule has 0 aliphatic heterocycles. The van der Waals surface area contributed by atoms with Gasteiger partial charge in [-0.25, -0.2) is 4.98 Å². The first-order valence-electron chi connectivity index (χ1n) is 10.1. The number of hydrogen-bond acceptors (Lipinski definition) is 5. The Balaban J connectivity index is 1.80. The van der Waals surface area contributed by atoms with E-state index in [0.29, 0.717) is 33.5 Å². The van der Waals surface area contributed by atoms with Crippen LogP contribution in [0.15, 0.2) is 54.6 Å². The summed E-state index contributed by atoms with van der Waals surface area (Å²) in [7, 11) is 5.66. The Bertz CT molecular complexity index is 1230. The van der Waals surface area contributed by atoms with Gasteiger partial charge in [-0.1, -0.05) is 59.3 Å². The molecule has 7 heteroatoms. The molecule has 1 amide bonds. The zero-order chi connectivity index (χ0) is 22.0. The minimum Gasteiger partial charge on any atom is -0.494 e. The lowest BCUT2D eigenvalue weighted by atomic mass is 10.0. The van der Waals surface area contributed by atoms with Crippen LogP contribution in [0.3, 0.4) is 0 Å². The fraction of sp³-hybridized carbons (Fsp3) is 0.250. The van der Waals surface area contributed by atoms with Gasteiger partial charge < -0.3 is 9.64 Å². The van der Waals surface area contributed by atoms with Crippen molar-refractivity contribution in [2.24, 2.45) is 0 Å². The van der Waals surface area contributed by atoms with E-state index in [9.17, 15) is 4.79 Å². The van der Waals surface area contributed by atoms with Gasteiger partial charge in [-0.3, -0.25) is 9.69 Å². The number of ether oxygens (including phenoxy) is 1. The van der Waals surface area contributed by atoms with Crippen LogP contribution >= 0.6 is 22.9 Å². The molecule has 0 saturated heterocycles. The topological polar surface area (TPSA) is 45.7 Å². The largest absolute Gasteiger partial charge is 0.494 e. The Morgan fingerprint density at radius 3 is 2.61 bits per heavy atom. The predicted octanol–water partition coefficient (Wildman–Crippen LogP) is 5.71. The van der Waals surface area contributed by atoms with Crippen LogP contribution in [0.2, 0.25) is 5.02 Å². The molecule has 31 heavy (non-hydrogen) atoms. The highest BCUT2D eigenvalue weighted by atomic mass is 35.5. The van der Waals surface area contributed by atoms with Crippen molar-refractivity contribution < 1.29 is 9.53 Å². The molecule has 1 aromatic heterocycles. The molecule has 3 aromatic carbocycles. The molecule has 5 nitrogen and oxygen atoms in total. The van der Waals surface area contributed by atoms with E-state index in [1.54, 1.807) is 24.1 Å². The number of halogens is 1. The van der Waals surface area contributed by atoms with Gasteiger partial charge in [0, 0.05) is 12.1 Å². The highest BCUT2D eigenvalue weighted by Crippen LogP contribution is 2.39. The predicted molar refractivity (Wildman–Crippen MR) is 130 cm³/mol. The number of thiazole rings is 1. The number of aromatic nitrogens is 1. The van der Waals surface area contributed by atoms with Gasteiger partial charge in [0.1, 0.15) is 11.3 Å². The van der Waals surface area contributed by atoms with Crippen molar-refractivity contribution >= 4 is 55.0 Å². The monoisotopic (exact) mass is 453 g/mol. The first-order valence-corrected chi connectivity index (χ1v) is 11.3. The SMILES string of the molecule is COc1ccc(Cl)c2sc(N(CCCN(C)C)C(=O)c3cccc4ccccc34)nc12. The third-order valence-electron chi connectivity index (χ3n) is 5.15. The number of carbonyl (C=O) groups excluding carboxylic acids is 1. The highest BCUT2D eigenvalue weighted by Gasteiger charge is 2.24. The molecule has 0 aliphatic rings. The van der Waals surface area contributed by atoms with Gasteiger partial charge in [0.25, 0.3) is 5.91 Å². The van der Waals surface area contributed by atoms with E-state index < -0.39 is 0 Å². The lowest BCUT2D eigenvalue weighted by Gasteiger charge is -2.22. The summed E-state index contributed by atoms with van der Waals surface area (Å²) in [4.78, 5) is 22.4. The van der Waals surface area contributed by atoms with Crippen LogP contribution in [0.1, 0.15) is 16.8 Å². The molecule has 0 bridgehead atoms. The Morgan fingerprint density at radius 2 is 1.84 bits per heavy atom. The summed E-state index contributed by atoms with van der Waals surface area (Å²) in [5.41, 5.74) is 1.35. The molecule has 0 radical (unpaired) electrons. The fourth-order valence-electron chi connectivity index (χ4n) is 3.61. The van der Waals surface area contributed by atoms with Crippen molar-refractivity contribution in [3.8, 4) is 5.75 Å². The van der Waals surface area contributed by atoms with Gasteiger partial charge in [-0.2, -0.15) is 0 Å². The number of benzene rings is 3. The van der Waals surface area contributed by atoms with Crippen molar-refractivity contribution in [2.75, 3.05) is 39.2 Å². The molecule has 4 rings (SSSR count). The van der Waals surface area contributed by atoms with E-state index in [0.717, 1.165) is 28.4 Å². The van der Waals surface area contributed by atoms with Crippen LogP contribution in [0.4, 0.5) is 5.13 Å². The first-order chi connectivity index (χ1) is 15.0. The van der Waals surface area contributed by atoms with E-state index in [2.05, 4.69) is 4.90 Å². The van der Waals surface area contributed by atoms with Crippen molar-refractivity contribution in [3.05, 3.63) is 65.2 Å². The molecule has 0 aliphatic carbocycles. The lowest BCUT2D eigenvalue weighted by Crippen LogP contribution is -2.33. The van der Waals surface area contributed by atoms with E-state index in [1.807, 2.05) is 56.6 Å². The Morgan fingerprint density at radius 1 is 1.06 bits per heavy atom. The zero-order valence-corrected chi connectivity index (χ0v) is 19.3. The second-order valence-corrected chi connectivity index (χ2v) is 8.95. The molecule has 0 atom stereocenters. The minimum atomic E-state index is -0.0651. The van der Waals surface area contributed by atoms with Crippen LogP contribution < -0.4 is 9.64 Å². The standard InChI is InChI=1S/C24H24ClN3O2S/c1-27(2)14-7-15-28(23(29)18-11-6-9-16-8-4-5-10-17(16)18)24-26-21-20(30-3)13-12-19(25)22(21)31-24/h4-6,8-13H,7,14-15H2,1-3H3. The van der Waals surface area contributed by atoms with Gasteiger partial charge in [0.2, 0.25) is 0 Å². The summed E-state index contributed by atoms with van der Waals surface area (Å²) in [5, 5.41) is 3.20. The first kappa shape index (κ1) is 21.6. The van der Waals surface area contributed by atoms with Gasteiger partial charge in [-0.05, 0) is 56.0 Å². The molecular weight excluding hydrogens is 430 g/mol. The van der Waals surface area contributed by atoms with Crippen LogP contribution in [0.25, 0.3) is 21.0 Å². The second kappa shape index (κ2) is 9.22. The van der Waals surface area contributed by atoms with E-state index >= 15 is 0 Å². The smallest absolute Gasteiger partial charge is 0.260 e. The number of nitrogens with zero attached hydrogens (tertiary/aromatic N) is 3. The van der Waals surface area contributed by atoms with Crippen molar-refractivity contribution in [1.29, 1.82) is 0 Å². The molecule has 4 aromatic rings. The minimum absolute atomic E-state index is 0.0651. The average Bonchev–Trinajstić information content (AvgIpc) is 3.22. The number of amides is 1. The molecule has 0 saturated carbocycles. The van der Waals surface area contributed by atoms with Gasteiger partial charge >= 0.3 is 0 Å². The number of carbonyl (C=O) groups is 1. The zero-order valence-electron chi connectivity index (χ0n) is 17.8. The van der Waals surface area contributed by atoms with Crippen molar-refractivity contribution in [1.82, 2.24) is 9.88 Å².